The largest absolute Gasteiger partial charge is 0.497 e. The van der Waals surface area contributed by atoms with Crippen LogP contribution in [0.1, 0.15) is 33.6 Å². The number of esters is 1. The summed E-state index contributed by atoms with van der Waals surface area (Å²) in [5.41, 5.74) is 1.93. The Kier molecular flexibility index (Phi) is 8.54. The number of methoxy groups -OCH3 is 1. The maximum absolute atomic E-state index is 14.0. The van der Waals surface area contributed by atoms with Crippen LogP contribution in [0.2, 0.25) is 5.02 Å². The van der Waals surface area contributed by atoms with E-state index in [2.05, 4.69) is 5.32 Å². The average Bonchev–Trinajstić information content (AvgIpc) is 3.48. The molecule has 2 aliphatic heterocycles. The highest BCUT2D eigenvalue weighted by Gasteiger charge is 2.56. The highest BCUT2D eigenvalue weighted by Crippen LogP contribution is 2.54. The third-order valence-corrected chi connectivity index (χ3v) is 10.4. The number of hydrogen-bond donors (Lipinski definition) is 1. The van der Waals surface area contributed by atoms with E-state index in [1.165, 1.54) is 28.7 Å². The molecule has 230 valence electrons. The van der Waals surface area contributed by atoms with E-state index < -0.39 is 34.9 Å². The topological polar surface area (TPSA) is 124 Å². The summed E-state index contributed by atoms with van der Waals surface area (Å²) >= 11 is 8.26. The van der Waals surface area contributed by atoms with E-state index in [0.717, 1.165) is 28.7 Å². The molecule has 0 radical (unpaired) electrons. The molecule has 10 nitrogen and oxygen atoms in total. The maximum atomic E-state index is 14.0. The Morgan fingerprint density at radius 1 is 0.933 bits per heavy atom. The number of carbonyl (C=O) groups excluding carboxylic acids is 4. The normalized spacial score (nSPS) is 18.7. The summed E-state index contributed by atoms with van der Waals surface area (Å²) in [4.78, 5) is 67.7. The molecule has 45 heavy (non-hydrogen) atoms. The summed E-state index contributed by atoms with van der Waals surface area (Å²) in [5, 5.41) is 2.90. The van der Waals surface area contributed by atoms with Gasteiger partial charge in [-0.2, -0.15) is 0 Å². The Balaban J connectivity index is 1.33. The Labute approximate surface area is 270 Å². The Morgan fingerprint density at radius 2 is 1.62 bits per heavy atom. The molecule has 3 atom stereocenters. The van der Waals surface area contributed by atoms with E-state index in [1.54, 1.807) is 67.6 Å². The van der Waals surface area contributed by atoms with Crippen LogP contribution >= 0.6 is 34.7 Å². The first kappa shape index (κ1) is 30.6. The first-order chi connectivity index (χ1) is 21.7. The molecule has 1 fully saturated rings. The van der Waals surface area contributed by atoms with Crippen molar-refractivity contribution in [3.05, 3.63) is 103 Å². The van der Waals surface area contributed by atoms with Crippen LogP contribution in [0, 0.1) is 5.92 Å². The number of amides is 3. The molecular formula is C32H26ClN3O7S2. The van der Waals surface area contributed by atoms with Crippen LogP contribution in [-0.4, -0.2) is 47.2 Å². The number of ether oxygens (including phenoxy) is 2. The number of thiazole rings is 1. The van der Waals surface area contributed by atoms with Crippen molar-refractivity contribution in [3.8, 4) is 5.75 Å². The van der Waals surface area contributed by atoms with Gasteiger partial charge < -0.3 is 14.8 Å². The van der Waals surface area contributed by atoms with Crippen molar-refractivity contribution in [1.29, 1.82) is 0 Å². The van der Waals surface area contributed by atoms with E-state index in [9.17, 15) is 24.0 Å². The van der Waals surface area contributed by atoms with Crippen LogP contribution in [-0.2, 0) is 25.7 Å². The van der Waals surface area contributed by atoms with Crippen LogP contribution < -0.4 is 19.8 Å². The lowest BCUT2D eigenvalue weighted by Gasteiger charge is -2.30. The number of aromatic nitrogens is 1. The molecule has 2 aliphatic rings. The van der Waals surface area contributed by atoms with Gasteiger partial charge in [-0.1, -0.05) is 46.8 Å². The molecule has 0 aliphatic carbocycles. The van der Waals surface area contributed by atoms with Gasteiger partial charge in [0.05, 0.1) is 35.9 Å². The van der Waals surface area contributed by atoms with Crippen molar-refractivity contribution in [2.45, 2.75) is 29.7 Å². The number of halogens is 1. The predicted octanol–water partition coefficient (Wildman–Crippen LogP) is 5.18. The number of thioether (sulfide) groups is 1. The number of anilines is 2. The number of nitrogens with one attached hydrogen (secondary N) is 1. The highest BCUT2D eigenvalue weighted by atomic mass is 35.5. The van der Waals surface area contributed by atoms with Crippen molar-refractivity contribution in [3.63, 3.8) is 0 Å². The predicted molar refractivity (Wildman–Crippen MR) is 172 cm³/mol. The Bertz CT molecular complexity index is 1850. The molecule has 4 aromatic rings. The Morgan fingerprint density at radius 3 is 2.27 bits per heavy atom. The fourth-order valence-corrected chi connectivity index (χ4v) is 8.42. The average molecular weight is 664 g/mol. The molecule has 1 aromatic heterocycles. The van der Waals surface area contributed by atoms with Gasteiger partial charge in [0.1, 0.15) is 17.5 Å². The van der Waals surface area contributed by atoms with Crippen molar-refractivity contribution in [1.82, 2.24) is 4.57 Å². The van der Waals surface area contributed by atoms with Crippen molar-refractivity contribution >= 4 is 69.8 Å². The second-order valence-corrected chi connectivity index (χ2v) is 12.8. The van der Waals surface area contributed by atoms with E-state index >= 15 is 0 Å². The fraction of sp³-hybridized carbons (Fsp3) is 0.219. The quantitative estimate of drug-likeness (QED) is 0.202. The van der Waals surface area contributed by atoms with E-state index in [-0.39, 0.29) is 23.9 Å². The van der Waals surface area contributed by atoms with Gasteiger partial charge in [0.2, 0.25) is 17.7 Å². The molecular weight excluding hydrogens is 638 g/mol. The number of benzene rings is 3. The molecule has 1 saturated heterocycles. The fourth-order valence-electron chi connectivity index (χ4n) is 5.52. The summed E-state index contributed by atoms with van der Waals surface area (Å²) < 4.78 is 11.6. The Hall–Kier alpha value is -4.39. The van der Waals surface area contributed by atoms with E-state index in [1.807, 2.05) is 0 Å². The molecule has 0 bridgehead atoms. The minimum atomic E-state index is -0.827. The van der Waals surface area contributed by atoms with Gasteiger partial charge >= 0.3 is 10.8 Å². The number of nitrogens with zero attached hydrogens (tertiary/aromatic N) is 2. The SMILES string of the molecule is CCOC(=O)c1ccc(NC(=O)Cn2c3c(sc2=O)C(c2ccc(Cl)cc2)C2C(=O)N(c4ccc(OC)cc4)C(=O)C2S3)cc1. The molecule has 6 rings (SSSR count). The first-order valence-corrected chi connectivity index (χ1v) is 16.0. The zero-order valence-corrected chi connectivity index (χ0v) is 26.4. The van der Waals surface area contributed by atoms with Crippen LogP contribution in [0.15, 0.2) is 82.6 Å². The molecule has 3 amide bonds. The second kappa shape index (κ2) is 12.5. The first-order valence-electron chi connectivity index (χ1n) is 13.9. The lowest BCUT2D eigenvalue weighted by atomic mass is 9.83. The monoisotopic (exact) mass is 663 g/mol. The molecule has 3 aromatic carbocycles. The van der Waals surface area contributed by atoms with Crippen molar-refractivity contribution in [2.75, 3.05) is 23.9 Å². The van der Waals surface area contributed by atoms with Gasteiger partial charge in [-0.05, 0) is 73.2 Å². The minimum Gasteiger partial charge on any atom is -0.497 e. The zero-order valence-electron chi connectivity index (χ0n) is 24.0. The summed E-state index contributed by atoms with van der Waals surface area (Å²) in [6.07, 6.45) is 0. The van der Waals surface area contributed by atoms with Crippen LogP contribution in [0.5, 0.6) is 5.75 Å². The molecule has 0 spiro atoms. The summed E-state index contributed by atoms with van der Waals surface area (Å²) in [6.45, 7) is 1.65. The van der Waals surface area contributed by atoms with Gasteiger partial charge in [-0.15, -0.1) is 0 Å². The smallest absolute Gasteiger partial charge is 0.338 e. The third kappa shape index (κ3) is 5.76. The standard InChI is InChI=1S/C32H26ClN3O7S2/c1-3-43-31(40)18-6-10-20(11-7-18)34-23(37)16-35-30-27(45-32(35)41)24(17-4-8-19(33)9-5-17)25-26(44-30)29(39)36(28(25)38)21-12-14-22(42-2)15-13-21/h4-15,24-26H,3,16H2,1-2H3,(H,34,37). The van der Waals surface area contributed by atoms with E-state index in [0.29, 0.717) is 37.6 Å². The van der Waals surface area contributed by atoms with Gasteiger partial charge in [-0.25, -0.2) is 9.69 Å². The third-order valence-electron chi connectivity index (χ3n) is 7.59. The van der Waals surface area contributed by atoms with Crippen LogP contribution in [0.25, 0.3) is 0 Å². The molecule has 1 N–H and O–H groups in total. The van der Waals surface area contributed by atoms with Gasteiger partial charge in [0.25, 0.3) is 0 Å². The summed E-state index contributed by atoms with van der Waals surface area (Å²) in [7, 11) is 1.53. The molecule has 3 heterocycles. The highest BCUT2D eigenvalue weighted by molar-refractivity contribution is 8.00. The summed E-state index contributed by atoms with van der Waals surface area (Å²) in [5.74, 6) is -2.52. The van der Waals surface area contributed by atoms with Crippen LogP contribution in [0.4, 0.5) is 11.4 Å². The van der Waals surface area contributed by atoms with E-state index in [4.69, 9.17) is 21.1 Å². The number of rotatable bonds is 8. The van der Waals surface area contributed by atoms with Crippen LogP contribution in [0.3, 0.4) is 0 Å². The number of carbonyl (C=O) groups is 4. The molecule has 13 heteroatoms. The zero-order chi connectivity index (χ0) is 31.8. The second-order valence-electron chi connectivity index (χ2n) is 10.3. The number of hydrogen-bond acceptors (Lipinski definition) is 9. The number of fused-ring (bicyclic) bond motifs is 2. The van der Waals surface area contributed by atoms with Gasteiger partial charge in [0, 0.05) is 21.5 Å². The van der Waals surface area contributed by atoms with Crippen molar-refractivity contribution < 1.29 is 28.7 Å². The minimum absolute atomic E-state index is 0.245. The van der Waals surface area contributed by atoms with Crippen molar-refractivity contribution in [2.24, 2.45) is 5.92 Å². The number of imide groups is 1. The summed E-state index contributed by atoms with van der Waals surface area (Å²) in [6, 6.07) is 19.9. The lowest BCUT2D eigenvalue weighted by molar-refractivity contribution is -0.122. The van der Waals surface area contributed by atoms with Gasteiger partial charge in [0.15, 0.2) is 0 Å². The molecule has 3 unspecified atom stereocenters. The molecule has 0 saturated carbocycles. The maximum Gasteiger partial charge on any atom is 0.338 e. The lowest BCUT2D eigenvalue weighted by Crippen LogP contribution is -2.33. The van der Waals surface area contributed by atoms with Gasteiger partial charge in [-0.3, -0.25) is 23.7 Å².